The molecule has 0 saturated carbocycles. The van der Waals surface area contributed by atoms with Crippen LogP contribution in [-0.2, 0) is 0 Å². The molecule has 0 unspecified atom stereocenters. The average molecular weight is 227 g/mol. The third-order valence-corrected chi connectivity index (χ3v) is 2.17. The standard InChI is InChI=1S/C12H9N3O2/c13-7-10(9-3-1-5-14-8-9)15-12(16)11-4-2-6-17-11/h1-6,8,10H,(H,15,16)/t10-/m1/s1. The van der Waals surface area contributed by atoms with Crippen molar-refractivity contribution in [3.05, 3.63) is 54.2 Å². The summed E-state index contributed by atoms with van der Waals surface area (Å²) >= 11 is 0. The van der Waals surface area contributed by atoms with Gasteiger partial charge in [0.25, 0.3) is 5.91 Å². The topological polar surface area (TPSA) is 78.9 Å². The summed E-state index contributed by atoms with van der Waals surface area (Å²) in [6.45, 7) is 0. The van der Waals surface area contributed by atoms with Crippen molar-refractivity contribution in [2.45, 2.75) is 6.04 Å². The van der Waals surface area contributed by atoms with Crippen molar-refractivity contribution in [1.82, 2.24) is 10.3 Å². The first-order valence-corrected chi connectivity index (χ1v) is 4.95. The molecule has 0 radical (unpaired) electrons. The second-order valence-electron chi connectivity index (χ2n) is 3.30. The second-order valence-corrected chi connectivity index (χ2v) is 3.30. The number of rotatable bonds is 3. The minimum Gasteiger partial charge on any atom is -0.459 e. The molecule has 2 aromatic heterocycles. The number of hydrogen-bond donors (Lipinski definition) is 1. The van der Waals surface area contributed by atoms with Gasteiger partial charge in [-0.05, 0) is 18.2 Å². The van der Waals surface area contributed by atoms with E-state index in [0.29, 0.717) is 5.56 Å². The molecule has 1 N–H and O–H groups in total. The summed E-state index contributed by atoms with van der Waals surface area (Å²) in [6, 6.07) is 7.84. The molecule has 0 fully saturated rings. The number of carbonyl (C=O) groups is 1. The Kier molecular flexibility index (Phi) is 3.17. The van der Waals surface area contributed by atoms with Crippen LogP contribution < -0.4 is 5.32 Å². The summed E-state index contributed by atoms with van der Waals surface area (Å²) in [5.41, 5.74) is 0.634. The van der Waals surface area contributed by atoms with Gasteiger partial charge in [-0.25, -0.2) is 0 Å². The highest BCUT2D eigenvalue weighted by Gasteiger charge is 2.16. The van der Waals surface area contributed by atoms with E-state index in [-0.39, 0.29) is 5.76 Å². The molecule has 17 heavy (non-hydrogen) atoms. The molecule has 0 saturated heterocycles. The molecule has 0 bridgehead atoms. The second kappa shape index (κ2) is 4.94. The molecule has 2 heterocycles. The number of hydrogen-bond acceptors (Lipinski definition) is 4. The molecule has 0 aromatic carbocycles. The van der Waals surface area contributed by atoms with Gasteiger partial charge in [-0.1, -0.05) is 6.07 Å². The van der Waals surface area contributed by atoms with E-state index in [1.165, 1.54) is 18.5 Å². The van der Waals surface area contributed by atoms with Crippen molar-refractivity contribution < 1.29 is 9.21 Å². The molecule has 1 atom stereocenters. The Morgan fingerprint density at radius 1 is 1.47 bits per heavy atom. The Hall–Kier alpha value is -2.61. The summed E-state index contributed by atoms with van der Waals surface area (Å²) in [6.07, 6.45) is 4.54. The van der Waals surface area contributed by atoms with Gasteiger partial charge in [0, 0.05) is 18.0 Å². The molecular formula is C12H9N3O2. The molecule has 5 heteroatoms. The van der Waals surface area contributed by atoms with E-state index in [1.807, 2.05) is 6.07 Å². The fraction of sp³-hybridized carbons (Fsp3) is 0.0833. The highest BCUT2D eigenvalue weighted by molar-refractivity contribution is 5.91. The maximum atomic E-state index is 11.7. The maximum Gasteiger partial charge on any atom is 0.288 e. The number of pyridine rings is 1. The number of nitrogens with one attached hydrogen (secondary N) is 1. The monoisotopic (exact) mass is 227 g/mol. The van der Waals surface area contributed by atoms with E-state index in [1.54, 1.807) is 24.4 Å². The lowest BCUT2D eigenvalue weighted by Gasteiger charge is -2.09. The molecule has 2 rings (SSSR count). The molecule has 2 aromatic rings. The zero-order valence-electron chi connectivity index (χ0n) is 8.83. The van der Waals surface area contributed by atoms with Gasteiger partial charge in [0.15, 0.2) is 5.76 Å². The van der Waals surface area contributed by atoms with Crippen molar-refractivity contribution in [2.75, 3.05) is 0 Å². The number of aromatic nitrogens is 1. The van der Waals surface area contributed by atoms with Crippen molar-refractivity contribution in [1.29, 1.82) is 5.26 Å². The Bertz CT molecular complexity index is 529. The molecule has 1 amide bonds. The highest BCUT2D eigenvalue weighted by atomic mass is 16.3. The van der Waals surface area contributed by atoms with Crippen LogP contribution in [0.25, 0.3) is 0 Å². The molecule has 0 aliphatic rings. The highest BCUT2D eigenvalue weighted by Crippen LogP contribution is 2.11. The van der Waals surface area contributed by atoms with E-state index in [4.69, 9.17) is 9.68 Å². The van der Waals surface area contributed by atoms with Crippen molar-refractivity contribution in [2.24, 2.45) is 0 Å². The van der Waals surface area contributed by atoms with Crippen LogP contribution in [0.15, 0.2) is 47.3 Å². The molecular weight excluding hydrogens is 218 g/mol. The van der Waals surface area contributed by atoms with E-state index in [2.05, 4.69) is 10.3 Å². The predicted molar refractivity (Wildman–Crippen MR) is 58.8 cm³/mol. The lowest BCUT2D eigenvalue weighted by molar-refractivity contribution is 0.0917. The smallest absolute Gasteiger partial charge is 0.288 e. The zero-order valence-corrected chi connectivity index (χ0v) is 8.83. The number of nitrogens with zero attached hydrogens (tertiary/aromatic N) is 2. The molecule has 84 valence electrons. The zero-order chi connectivity index (χ0) is 12.1. The first kappa shape index (κ1) is 10.9. The summed E-state index contributed by atoms with van der Waals surface area (Å²) in [7, 11) is 0. The van der Waals surface area contributed by atoms with Gasteiger partial charge in [0.05, 0.1) is 12.3 Å². The van der Waals surface area contributed by atoms with Crippen LogP contribution in [0.4, 0.5) is 0 Å². The molecule has 5 nitrogen and oxygen atoms in total. The Labute approximate surface area is 97.7 Å². The lowest BCUT2D eigenvalue weighted by Crippen LogP contribution is -2.27. The normalized spacial score (nSPS) is 11.5. The lowest BCUT2D eigenvalue weighted by atomic mass is 10.1. The third-order valence-electron chi connectivity index (χ3n) is 2.17. The van der Waals surface area contributed by atoms with E-state index in [0.717, 1.165) is 0 Å². The van der Waals surface area contributed by atoms with Gasteiger partial charge in [0.1, 0.15) is 6.04 Å². The Morgan fingerprint density at radius 3 is 2.94 bits per heavy atom. The minimum absolute atomic E-state index is 0.175. The average Bonchev–Trinajstić information content (AvgIpc) is 2.90. The number of carbonyl (C=O) groups excluding carboxylic acids is 1. The molecule has 0 aliphatic carbocycles. The van der Waals surface area contributed by atoms with Gasteiger partial charge in [-0.2, -0.15) is 5.26 Å². The van der Waals surface area contributed by atoms with Gasteiger partial charge in [0.2, 0.25) is 0 Å². The first-order valence-electron chi connectivity index (χ1n) is 4.95. The molecule has 0 aliphatic heterocycles. The van der Waals surface area contributed by atoms with Crippen LogP contribution in [0.5, 0.6) is 0 Å². The quantitative estimate of drug-likeness (QED) is 0.864. The van der Waals surface area contributed by atoms with Crippen molar-refractivity contribution >= 4 is 5.91 Å². The number of amides is 1. The summed E-state index contributed by atoms with van der Waals surface area (Å²) in [4.78, 5) is 15.6. The first-order chi connectivity index (χ1) is 8.31. The largest absolute Gasteiger partial charge is 0.459 e. The number of nitriles is 1. The summed E-state index contributed by atoms with van der Waals surface area (Å²) in [5.74, 6) is -0.250. The van der Waals surface area contributed by atoms with E-state index in [9.17, 15) is 4.79 Å². The number of furan rings is 1. The van der Waals surface area contributed by atoms with Crippen LogP contribution in [0.1, 0.15) is 22.2 Å². The van der Waals surface area contributed by atoms with Crippen molar-refractivity contribution in [3.8, 4) is 6.07 Å². The molecule has 0 spiro atoms. The Balaban J connectivity index is 2.12. The fourth-order valence-corrected chi connectivity index (χ4v) is 1.35. The minimum atomic E-state index is -0.735. The summed E-state index contributed by atoms with van der Waals surface area (Å²) in [5, 5.41) is 11.6. The van der Waals surface area contributed by atoms with Gasteiger partial charge >= 0.3 is 0 Å². The Morgan fingerprint density at radius 2 is 2.35 bits per heavy atom. The maximum absolute atomic E-state index is 11.7. The van der Waals surface area contributed by atoms with E-state index < -0.39 is 11.9 Å². The van der Waals surface area contributed by atoms with Crippen LogP contribution in [0, 0.1) is 11.3 Å². The predicted octanol–water partition coefficient (Wildman–Crippen LogP) is 1.67. The van der Waals surface area contributed by atoms with Crippen LogP contribution in [0.3, 0.4) is 0 Å². The fourth-order valence-electron chi connectivity index (χ4n) is 1.35. The van der Waals surface area contributed by atoms with Crippen LogP contribution in [-0.4, -0.2) is 10.9 Å². The summed E-state index contributed by atoms with van der Waals surface area (Å²) < 4.78 is 4.94. The van der Waals surface area contributed by atoms with E-state index >= 15 is 0 Å². The van der Waals surface area contributed by atoms with Crippen LogP contribution in [0.2, 0.25) is 0 Å². The third kappa shape index (κ3) is 2.49. The van der Waals surface area contributed by atoms with Crippen molar-refractivity contribution in [3.63, 3.8) is 0 Å². The SMILES string of the molecule is N#C[C@@H](NC(=O)c1ccco1)c1cccnc1. The van der Waals surface area contributed by atoms with Crippen LogP contribution >= 0.6 is 0 Å². The van der Waals surface area contributed by atoms with Gasteiger partial charge in [-0.3, -0.25) is 9.78 Å². The van der Waals surface area contributed by atoms with Gasteiger partial charge in [-0.15, -0.1) is 0 Å². The van der Waals surface area contributed by atoms with Gasteiger partial charge < -0.3 is 9.73 Å².